The minimum atomic E-state index is -4.94. The molecule has 3 N–H and O–H groups in total. The lowest BCUT2D eigenvalue weighted by Gasteiger charge is -2.17. The van der Waals surface area contributed by atoms with E-state index in [0.717, 1.165) is 0 Å². The first kappa shape index (κ1) is 13.8. The zero-order chi connectivity index (χ0) is 14.6. The molecule has 9 heteroatoms. The monoisotopic (exact) mass is 284 g/mol. The Morgan fingerprint density at radius 1 is 1.47 bits per heavy atom. The lowest BCUT2D eigenvalue weighted by molar-refractivity contribution is -0.135. The van der Waals surface area contributed by atoms with Gasteiger partial charge in [0.2, 0.25) is 0 Å². The van der Waals surface area contributed by atoms with E-state index in [0.29, 0.717) is 0 Å². The minimum absolute atomic E-state index is 0.0921. The quantitative estimate of drug-likeness (QED) is 0.756. The summed E-state index contributed by atoms with van der Waals surface area (Å²) in [6.45, 7) is -1.01. The third-order valence-electron chi connectivity index (χ3n) is 3.17. The SMILES string of the molecule is NC(=C1C(=NCC(=O)O)C(F)(F)C2CC12)C(F)(F)F. The van der Waals surface area contributed by atoms with Gasteiger partial charge in [0.15, 0.2) is 0 Å². The van der Waals surface area contributed by atoms with Crippen molar-refractivity contribution in [1.82, 2.24) is 0 Å². The zero-order valence-corrected chi connectivity index (χ0v) is 9.34. The minimum Gasteiger partial charge on any atom is -0.480 e. The summed E-state index contributed by atoms with van der Waals surface area (Å²) in [4.78, 5) is 13.4. The molecule has 0 heterocycles. The smallest absolute Gasteiger partial charge is 0.431 e. The molecule has 2 aliphatic carbocycles. The fraction of sp³-hybridized carbons (Fsp3) is 0.600. The van der Waals surface area contributed by atoms with E-state index in [1.807, 2.05) is 0 Å². The number of hydrogen-bond donors (Lipinski definition) is 2. The van der Waals surface area contributed by atoms with Gasteiger partial charge in [-0.1, -0.05) is 0 Å². The molecule has 2 saturated carbocycles. The highest BCUT2D eigenvalue weighted by Gasteiger charge is 2.68. The highest BCUT2D eigenvalue weighted by molar-refractivity contribution is 6.10. The molecule has 0 aliphatic heterocycles. The van der Waals surface area contributed by atoms with Crippen molar-refractivity contribution in [2.75, 3.05) is 6.54 Å². The average molecular weight is 284 g/mol. The van der Waals surface area contributed by atoms with Crippen molar-refractivity contribution in [3.8, 4) is 0 Å². The number of carboxylic acids is 1. The molecular weight excluding hydrogens is 275 g/mol. The topological polar surface area (TPSA) is 75.7 Å². The third kappa shape index (κ3) is 2.17. The van der Waals surface area contributed by atoms with Crippen molar-refractivity contribution >= 4 is 11.7 Å². The fourth-order valence-electron chi connectivity index (χ4n) is 2.26. The van der Waals surface area contributed by atoms with E-state index in [9.17, 15) is 26.7 Å². The summed E-state index contributed by atoms with van der Waals surface area (Å²) in [6, 6.07) is 0. The molecule has 0 aromatic carbocycles. The summed E-state index contributed by atoms with van der Waals surface area (Å²) in [6.07, 6.45) is -5.03. The van der Waals surface area contributed by atoms with Crippen LogP contribution in [-0.4, -0.2) is 35.4 Å². The summed E-state index contributed by atoms with van der Waals surface area (Å²) in [5.74, 6) is -7.29. The van der Waals surface area contributed by atoms with Gasteiger partial charge in [0.25, 0.3) is 5.92 Å². The van der Waals surface area contributed by atoms with Gasteiger partial charge in [0, 0.05) is 11.5 Å². The highest BCUT2D eigenvalue weighted by Crippen LogP contribution is 2.62. The van der Waals surface area contributed by atoms with Crippen molar-refractivity contribution in [1.29, 1.82) is 0 Å². The van der Waals surface area contributed by atoms with Crippen LogP contribution in [0.1, 0.15) is 6.42 Å². The summed E-state index contributed by atoms with van der Waals surface area (Å²) >= 11 is 0. The van der Waals surface area contributed by atoms with Crippen LogP contribution in [0.25, 0.3) is 0 Å². The Hall–Kier alpha value is -1.67. The number of allylic oxidation sites excluding steroid dienone is 2. The van der Waals surface area contributed by atoms with Crippen LogP contribution in [0.15, 0.2) is 16.3 Å². The number of rotatable bonds is 2. The normalized spacial score (nSPS) is 33.2. The maximum atomic E-state index is 13.7. The lowest BCUT2D eigenvalue weighted by Crippen LogP contribution is -2.32. The average Bonchev–Trinajstić information content (AvgIpc) is 2.97. The van der Waals surface area contributed by atoms with Crippen molar-refractivity contribution in [3.05, 3.63) is 11.3 Å². The van der Waals surface area contributed by atoms with E-state index >= 15 is 0 Å². The van der Waals surface area contributed by atoms with E-state index in [-0.39, 0.29) is 6.42 Å². The van der Waals surface area contributed by atoms with Gasteiger partial charge in [-0.3, -0.25) is 9.79 Å². The molecule has 2 aliphatic rings. The van der Waals surface area contributed by atoms with Gasteiger partial charge < -0.3 is 10.8 Å². The number of halogens is 5. The molecule has 2 atom stereocenters. The zero-order valence-electron chi connectivity index (χ0n) is 9.34. The molecule has 2 fully saturated rings. The van der Waals surface area contributed by atoms with Crippen LogP contribution in [0.5, 0.6) is 0 Å². The number of nitrogens with zero attached hydrogens (tertiary/aromatic N) is 1. The van der Waals surface area contributed by atoms with Gasteiger partial charge in [-0.25, -0.2) is 0 Å². The lowest BCUT2D eigenvalue weighted by atomic mass is 10.0. The first-order chi connectivity index (χ1) is 8.56. The Bertz CT molecular complexity index is 495. The van der Waals surface area contributed by atoms with Crippen LogP contribution in [0.3, 0.4) is 0 Å². The number of carboxylic acid groups (broad SMARTS) is 1. The maximum Gasteiger partial charge on any atom is 0.431 e. The molecule has 106 valence electrons. The molecule has 0 spiro atoms. The van der Waals surface area contributed by atoms with Crippen LogP contribution in [0, 0.1) is 11.8 Å². The van der Waals surface area contributed by atoms with Gasteiger partial charge in [0.1, 0.15) is 18.0 Å². The van der Waals surface area contributed by atoms with E-state index < -0.39 is 53.4 Å². The van der Waals surface area contributed by atoms with Gasteiger partial charge in [-0.15, -0.1) is 0 Å². The Kier molecular flexibility index (Phi) is 2.83. The van der Waals surface area contributed by atoms with Crippen LogP contribution < -0.4 is 5.73 Å². The number of hydrogen-bond acceptors (Lipinski definition) is 3. The van der Waals surface area contributed by atoms with Crippen LogP contribution in [-0.2, 0) is 4.79 Å². The van der Waals surface area contributed by atoms with Gasteiger partial charge >= 0.3 is 12.1 Å². The number of aliphatic carboxylic acids is 1. The van der Waals surface area contributed by atoms with E-state index in [1.165, 1.54) is 0 Å². The van der Waals surface area contributed by atoms with E-state index in [2.05, 4.69) is 4.99 Å². The second-order valence-corrected chi connectivity index (χ2v) is 4.46. The molecule has 0 saturated heterocycles. The molecule has 0 aromatic rings. The fourth-order valence-corrected chi connectivity index (χ4v) is 2.26. The number of fused-ring (bicyclic) bond motifs is 1. The Balaban J connectivity index is 2.48. The highest BCUT2D eigenvalue weighted by atomic mass is 19.4. The number of carbonyl (C=O) groups is 1. The van der Waals surface area contributed by atoms with E-state index in [4.69, 9.17) is 10.8 Å². The Morgan fingerprint density at radius 3 is 2.53 bits per heavy atom. The van der Waals surface area contributed by atoms with Gasteiger partial charge in [0.05, 0.1) is 0 Å². The number of aliphatic imine (C=N–C) groups is 1. The van der Waals surface area contributed by atoms with Gasteiger partial charge in [-0.05, 0) is 12.3 Å². The maximum absolute atomic E-state index is 13.7. The second-order valence-electron chi connectivity index (χ2n) is 4.46. The van der Waals surface area contributed by atoms with Crippen molar-refractivity contribution in [2.24, 2.45) is 22.6 Å². The van der Waals surface area contributed by atoms with Crippen LogP contribution in [0.4, 0.5) is 22.0 Å². The summed E-state index contributed by atoms with van der Waals surface area (Å²) in [5, 5.41) is 8.38. The third-order valence-corrected chi connectivity index (χ3v) is 3.17. The van der Waals surface area contributed by atoms with Crippen molar-refractivity contribution in [2.45, 2.75) is 18.5 Å². The van der Waals surface area contributed by atoms with Gasteiger partial charge in [-0.2, -0.15) is 22.0 Å². The Labute approximate surface area is 103 Å². The molecule has 2 unspecified atom stereocenters. The second kappa shape index (κ2) is 3.91. The predicted molar refractivity (Wildman–Crippen MR) is 53.8 cm³/mol. The largest absolute Gasteiger partial charge is 0.480 e. The van der Waals surface area contributed by atoms with Crippen LogP contribution in [0.2, 0.25) is 0 Å². The van der Waals surface area contributed by atoms with Crippen molar-refractivity contribution in [3.63, 3.8) is 0 Å². The molecule has 0 radical (unpaired) electrons. The summed E-state index contributed by atoms with van der Waals surface area (Å²) in [5.41, 5.74) is 1.39. The molecule has 19 heavy (non-hydrogen) atoms. The first-order valence-corrected chi connectivity index (χ1v) is 5.28. The summed E-state index contributed by atoms with van der Waals surface area (Å²) in [7, 11) is 0. The predicted octanol–water partition coefficient (Wildman–Crippen LogP) is 1.57. The summed E-state index contributed by atoms with van der Waals surface area (Å²) < 4.78 is 65.0. The first-order valence-electron chi connectivity index (χ1n) is 5.28. The van der Waals surface area contributed by atoms with E-state index in [1.54, 1.807) is 0 Å². The molecular formula is C10H9F5N2O2. The number of alkyl halides is 5. The standard InChI is InChI=1S/C10H9F5N2O2/c11-9(12)4-1-3(4)6(7(16)10(13,14)15)8(9)17-2-5(18)19/h3-4H,1-2,16H2,(H,18,19). The Morgan fingerprint density at radius 2 is 2.05 bits per heavy atom. The molecule has 0 bridgehead atoms. The molecule has 4 nitrogen and oxygen atoms in total. The molecule has 0 amide bonds. The molecule has 2 rings (SSSR count). The van der Waals surface area contributed by atoms with Crippen LogP contribution >= 0.6 is 0 Å². The molecule has 0 aromatic heterocycles. The van der Waals surface area contributed by atoms with Crippen molar-refractivity contribution < 1.29 is 31.9 Å². The number of nitrogens with two attached hydrogens (primary N) is 1.